The molecule has 1 aliphatic carbocycles. The van der Waals surface area contributed by atoms with Crippen molar-refractivity contribution in [2.75, 3.05) is 0 Å². The van der Waals surface area contributed by atoms with Crippen LogP contribution < -0.4 is 5.43 Å². The predicted molar refractivity (Wildman–Crippen MR) is 78.7 cm³/mol. The van der Waals surface area contributed by atoms with Gasteiger partial charge in [-0.25, -0.2) is 4.79 Å². The number of carbonyl (C=O) groups excluding carboxylic acids is 1. The molecule has 114 valence electrons. The van der Waals surface area contributed by atoms with Crippen molar-refractivity contribution in [3.8, 4) is 0 Å². The molecule has 1 aromatic carbocycles. The van der Waals surface area contributed by atoms with Crippen LogP contribution in [0.15, 0.2) is 29.1 Å². The van der Waals surface area contributed by atoms with Crippen LogP contribution in [0.2, 0.25) is 0 Å². The Morgan fingerprint density at radius 1 is 1.36 bits per heavy atom. The van der Waals surface area contributed by atoms with Gasteiger partial charge in [-0.1, -0.05) is 12.1 Å². The van der Waals surface area contributed by atoms with Crippen molar-refractivity contribution in [2.45, 2.75) is 31.8 Å². The third-order valence-electron chi connectivity index (χ3n) is 3.83. The number of fused-ring (bicyclic) bond motifs is 1. The quantitative estimate of drug-likeness (QED) is 0.877. The maximum atomic E-state index is 12.6. The van der Waals surface area contributed by atoms with E-state index in [1.165, 1.54) is 11.8 Å². The zero-order valence-corrected chi connectivity index (χ0v) is 11.9. The van der Waals surface area contributed by atoms with Gasteiger partial charge < -0.3 is 10.0 Å². The first kappa shape index (κ1) is 14.2. The minimum Gasteiger partial charge on any atom is -0.480 e. The number of benzene rings is 1. The minimum atomic E-state index is -1.10. The lowest BCUT2D eigenvalue weighted by molar-refractivity contribution is -0.141. The number of para-hydroxylation sites is 1. The molecule has 1 heterocycles. The van der Waals surface area contributed by atoms with E-state index >= 15 is 0 Å². The summed E-state index contributed by atoms with van der Waals surface area (Å²) in [6.45, 7) is 1.44. The van der Waals surface area contributed by atoms with Crippen molar-refractivity contribution in [3.63, 3.8) is 0 Å². The van der Waals surface area contributed by atoms with Gasteiger partial charge in [-0.05, 0) is 31.9 Å². The van der Waals surface area contributed by atoms with Crippen LogP contribution in [0.1, 0.15) is 30.3 Å². The number of carbonyl (C=O) groups is 2. The molecule has 7 heteroatoms. The Bertz CT molecular complexity index is 810. The van der Waals surface area contributed by atoms with Gasteiger partial charge in [-0.2, -0.15) is 5.10 Å². The maximum Gasteiger partial charge on any atom is 0.326 e. The van der Waals surface area contributed by atoms with Crippen molar-refractivity contribution in [2.24, 2.45) is 0 Å². The second kappa shape index (κ2) is 5.25. The van der Waals surface area contributed by atoms with Crippen molar-refractivity contribution >= 4 is 22.8 Å². The SMILES string of the molecule is CC(C(=O)O)N(C(=O)c1n[nH]c2ccccc2c1=O)C1CC1. The van der Waals surface area contributed by atoms with E-state index in [2.05, 4.69) is 10.2 Å². The molecular weight excluding hydrogens is 286 g/mol. The highest BCUT2D eigenvalue weighted by Crippen LogP contribution is 2.29. The van der Waals surface area contributed by atoms with Crippen LogP contribution in [0.4, 0.5) is 0 Å². The van der Waals surface area contributed by atoms with Gasteiger partial charge in [-0.15, -0.1) is 0 Å². The van der Waals surface area contributed by atoms with Crippen LogP contribution in [0, 0.1) is 0 Å². The number of aromatic amines is 1. The molecule has 1 fully saturated rings. The summed E-state index contributed by atoms with van der Waals surface area (Å²) in [7, 11) is 0. The molecule has 1 aliphatic rings. The fourth-order valence-corrected chi connectivity index (χ4v) is 2.47. The number of H-pyrrole nitrogens is 1. The van der Waals surface area contributed by atoms with Crippen LogP contribution in [-0.2, 0) is 4.79 Å². The minimum absolute atomic E-state index is 0.133. The first-order chi connectivity index (χ1) is 10.5. The topological polar surface area (TPSA) is 103 Å². The molecule has 1 saturated carbocycles. The van der Waals surface area contributed by atoms with Crippen LogP contribution in [-0.4, -0.2) is 44.2 Å². The van der Waals surface area contributed by atoms with E-state index in [4.69, 9.17) is 5.11 Å². The van der Waals surface area contributed by atoms with E-state index in [1.807, 2.05) is 0 Å². The van der Waals surface area contributed by atoms with Crippen LogP contribution >= 0.6 is 0 Å². The molecular formula is C15H15N3O4. The fourth-order valence-electron chi connectivity index (χ4n) is 2.47. The van der Waals surface area contributed by atoms with Crippen molar-refractivity contribution in [1.82, 2.24) is 15.1 Å². The molecule has 1 aromatic heterocycles. The number of hydrogen-bond acceptors (Lipinski definition) is 4. The Kier molecular flexibility index (Phi) is 3.40. The summed E-state index contributed by atoms with van der Waals surface area (Å²) >= 11 is 0. The molecule has 1 atom stereocenters. The molecule has 0 bridgehead atoms. The first-order valence-electron chi connectivity index (χ1n) is 7.03. The third-order valence-corrected chi connectivity index (χ3v) is 3.83. The monoisotopic (exact) mass is 301 g/mol. The largest absolute Gasteiger partial charge is 0.480 e. The van der Waals surface area contributed by atoms with Gasteiger partial charge in [0.2, 0.25) is 5.43 Å². The van der Waals surface area contributed by atoms with E-state index in [-0.39, 0.29) is 11.7 Å². The summed E-state index contributed by atoms with van der Waals surface area (Å²) < 4.78 is 0. The summed E-state index contributed by atoms with van der Waals surface area (Å²) in [5, 5.41) is 16.1. The lowest BCUT2D eigenvalue weighted by Crippen LogP contribution is -2.46. The summed E-state index contributed by atoms with van der Waals surface area (Å²) in [6.07, 6.45) is 1.49. The number of hydrogen-bond donors (Lipinski definition) is 2. The molecule has 7 nitrogen and oxygen atoms in total. The Hall–Kier alpha value is -2.70. The highest BCUT2D eigenvalue weighted by atomic mass is 16.4. The van der Waals surface area contributed by atoms with E-state index in [9.17, 15) is 14.4 Å². The Labute approximate surface area is 125 Å². The molecule has 1 amide bonds. The van der Waals surface area contributed by atoms with Crippen LogP contribution in [0.25, 0.3) is 10.9 Å². The zero-order chi connectivity index (χ0) is 15.9. The van der Waals surface area contributed by atoms with Crippen LogP contribution in [0.5, 0.6) is 0 Å². The number of amides is 1. The number of carboxylic acid groups (broad SMARTS) is 1. The van der Waals surface area contributed by atoms with Gasteiger partial charge in [0.15, 0.2) is 5.69 Å². The van der Waals surface area contributed by atoms with Crippen molar-refractivity contribution in [3.05, 3.63) is 40.2 Å². The van der Waals surface area contributed by atoms with Gasteiger partial charge in [0, 0.05) is 11.4 Å². The second-order valence-electron chi connectivity index (χ2n) is 5.40. The van der Waals surface area contributed by atoms with E-state index < -0.39 is 23.3 Å². The van der Waals surface area contributed by atoms with Crippen molar-refractivity contribution in [1.29, 1.82) is 0 Å². The molecule has 0 spiro atoms. The lowest BCUT2D eigenvalue weighted by atomic mass is 10.1. The third kappa shape index (κ3) is 2.34. The second-order valence-corrected chi connectivity index (χ2v) is 5.40. The summed E-state index contributed by atoms with van der Waals surface area (Å²) in [6, 6.07) is 5.62. The number of rotatable bonds is 4. The van der Waals surface area contributed by atoms with E-state index in [1.54, 1.807) is 24.3 Å². The van der Waals surface area contributed by atoms with Gasteiger partial charge >= 0.3 is 5.97 Å². The smallest absolute Gasteiger partial charge is 0.326 e. The molecule has 3 rings (SSSR count). The van der Waals surface area contributed by atoms with Gasteiger partial charge in [-0.3, -0.25) is 14.7 Å². The summed E-state index contributed by atoms with van der Waals surface area (Å²) in [5.74, 6) is -1.73. The summed E-state index contributed by atoms with van der Waals surface area (Å²) in [4.78, 5) is 37.5. The molecule has 22 heavy (non-hydrogen) atoms. The van der Waals surface area contributed by atoms with Gasteiger partial charge in [0.05, 0.1) is 5.52 Å². The number of carboxylic acids is 1. The fraction of sp³-hybridized carbons (Fsp3) is 0.333. The molecule has 0 aliphatic heterocycles. The number of aliphatic carboxylic acids is 1. The van der Waals surface area contributed by atoms with E-state index in [0.29, 0.717) is 10.9 Å². The Morgan fingerprint density at radius 2 is 2.05 bits per heavy atom. The predicted octanol–water partition coefficient (Wildman–Crippen LogP) is 1.00. The molecule has 0 radical (unpaired) electrons. The average molecular weight is 301 g/mol. The normalized spacial score (nSPS) is 15.5. The van der Waals surface area contributed by atoms with Gasteiger partial charge in [0.25, 0.3) is 5.91 Å². The molecule has 2 aromatic rings. The summed E-state index contributed by atoms with van der Waals surface area (Å²) in [5.41, 5.74) is -0.213. The highest BCUT2D eigenvalue weighted by molar-refractivity contribution is 5.97. The average Bonchev–Trinajstić information content (AvgIpc) is 3.32. The zero-order valence-electron chi connectivity index (χ0n) is 11.9. The first-order valence-corrected chi connectivity index (χ1v) is 7.03. The van der Waals surface area contributed by atoms with E-state index in [0.717, 1.165) is 12.8 Å². The Morgan fingerprint density at radius 3 is 2.68 bits per heavy atom. The van der Waals surface area contributed by atoms with Gasteiger partial charge in [0.1, 0.15) is 6.04 Å². The number of nitrogens with zero attached hydrogens (tertiary/aromatic N) is 2. The Balaban J connectivity index is 2.05. The number of nitrogens with one attached hydrogen (secondary N) is 1. The van der Waals surface area contributed by atoms with Crippen molar-refractivity contribution < 1.29 is 14.7 Å². The molecule has 2 N–H and O–H groups in total. The molecule has 0 saturated heterocycles. The molecule has 1 unspecified atom stereocenters. The lowest BCUT2D eigenvalue weighted by Gasteiger charge is -2.25. The maximum absolute atomic E-state index is 12.6. The number of aromatic nitrogens is 2. The standard InChI is InChI=1S/C15H15N3O4/c1-8(15(21)22)18(9-6-7-9)14(20)12-13(19)10-4-2-3-5-11(10)16-17-12/h2-5,8-9H,6-7H2,1H3,(H,16,19)(H,21,22). The highest BCUT2D eigenvalue weighted by Gasteiger charge is 2.40. The van der Waals surface area contributed by atoms with Crippen LogP contribution in [0.3, 0.4) is 0 Å².